The summed E-state index contributed by atoms with van der Waals surface area (Å²) in [6, 6.07) is 12.7. The first-order chi connectivity index (χ1) is 11.1. The van der Waals surface area contributed by atoms with Crippen LogP contribution >= 0.6 is 0 Å². The first-order valence-electron chi connectivity index (χ1n) is 6.67. The third-order valence-electron chi connectivity index (χ3n) is 2.71. The Morgan fingerprint density at radius 2 is 1.74 bits per heavy atom. The average Bonchev–Trinajstić information content (AvgIpc) is 2.56. The van der Waals surface area contributed by atoms with Gasteiger partial charge in [-0.05, 0) is 23.8 Å². The van der Waals surface area contributed by atoms with Gasteiger partial charge in [0.1, 0.15) is 5.75 Å². The van der Waals surface area contributed by atoms with Crippen LogP contribution in [-0.2, 0) is 9.59 Å². The number of hydrogen-bond donors (Lipinski definition) is 0. The lowest BCUT2D eigenvalue weighted by Crippen LogP contribution is -2.06. The Bertz CT molecular complexity index is 751. The Morgan fingerprint density at radius 1 is 1.00 bits per heavy atom. The highest BCUT2D eigenvalue weighted by Crippen LogP contribution is 2.23. The van der Waals surface area contributed by atoms with E-state index >= 15 is 0 Å². The van der Waals surface area contributed by atoms with Crippen molar-refractivity contribution in [3.8, 4) is 11.5 Å². The summed E-state index contributed by atoms with van der Waals surface area (Å²) < 4.78 is 23.4. The number of carbonyl (C=O) groups excluding carboxylic acids is 2. The highest BCUT2D eigenvalue weighted by Gasteiger charge is 2.10. The molecule has 0 amide bonds. The van der Waals surface area contributed by atoms with E-state index < -0.39 is 17.8 Å². The van der Waals surface area contributed by atoms with Gasteiger partial charge < -0.3 is 9.47 Å². The van der Waals surface area contributed by atoms with Crippen LogP contribution in [0.25, 0.3) is 6.08 Å². The minimum Gasteiger partial charge on any atom is -0.423 e. The van der Waals surface area contributed by atoms with E-state index in [2.05, 4.69) is 11.3 Å². The minimum absolute atomic E-state index is 0.00335. The van der Waals surface area contributed by atoms with E-state index in [1.165, 1.54) is 18.2 Å². The van der Waals surface area contributed by atoms with Crippen molar-refractivity contribution in [2.75, 3.05) is 0 Å². The van der Waals surface area contributed by atoms with Crippen LogP contribution in [0.4, 0.5) is 4.39 Å². The van der Waals surface area contributed by atoms with Crippen molar-refractivity contribution >= 4 is 18.0 Å². The van der Waals surface area contributed by atoms with E-state index in [1.807, 2.05) is 30.3 Å². The van der Waals surface area contributed by atoms with Gasteiger partial charge in [0.2, 0.25) is 0 Å². The Balaban J connectivity index is 2.01. The van der Waals surface area contributed by atoms with Crippen molar-refractivity contribution in [2.24, 2.45) is 0 Å². The Morgan fingerprint density at radius 3 is 2.39 bits per heavy atom. The lowest BCUT2D eigenvalue weighted by molar-refractivity contribution is -0.130. The summed E-state index contributed by atoms with van der Waals surface area (Å²) in [7, 11) is 0. The predicted molar refractivity (Wildman–Crippen MR) is 83.3 cm³/mol. The van der Waals surface area contributed by atoms with Gasteiger partial charge in [-0.3, -0.25) is 0 Å². The molecule has 0 N–H and O–H groups in total. The third-order valence-corrected chi connectivity index (χ3v) is 2.71. The van der Waals surface area contributed by atoms with Crippen molar-refractivity contribution in [1.82, 2.24) is 0 Å². The molecule has 0 heterocycles. The lowest BCUT2D eigenvalue weighted by atomic mass is 10.2. The standard InChI is InChI=1S/C18H13FO4/c1-2-17(20)23-16-10-9-14(12-15(16)19)22-18(21)11-8-13-6-4-3-5-7-13/h2-12H,1H2. The van der Waals surface area contributed by atoms with Crippen LogP contribution in [0.15, 0.2) is 67.3 Å². The molecule has 0 unspecified atom stereocenters. The van der Waals surface area contributed by atoms with Gasteiger partial charge in [0.25, 0.3) is 0 Å². The van der Waals surface area contributed by atoms with E-state index in [-0.39, 0.29) is 11.5 Å². The summed E-state index contributed by atoms with van der Waals surface area (Å²) >= 11 is 0. The van der Waals surface area contributed by atoms with E-state index in [0.29, 0.717) is 0 Å². The number of ether oxygens (including phenoxy) is 2. The average molecular weight is 312 g/mol. The fourth-order valence-electron chi connectivity index (χ4n) is 1.66. The summed E-state index contributed by atoms with van der Waals surface area (Å²) in [5.74, 6) is -2.51. The molecule has 0 fully saturated rings. The number of benzene rings is 2. The van der Waals surface area contributed by atoms with Crippen LogP contribution in [0, 0.1) is 5.82 Å². The second-order valence-electron chi connectivity index (χ2n) is 4.38. The molecule has 0 radical (unpaired) electrons. The topological polar surface area (TPSA) is 52.6 Å². The molecule has 116 valence electrons. The minimum atomic E-state index is -0.822. The van der Waals surface area contributed by atoms with Crippen molar-refractivity contribution in [2.45, 2.75) is 0 Å². The lowest BCUT2D eigenvalue weighted by Gasteiger charge is -2.05. The fourth-order valence-corrected chi connectivity index (χ4v) is 1.66. The fraction of sp³-hybridized carbons (Fsp3) is 0. The summed E-state index contributed by atoms with van der Waals surface area (Å²) in [4.78, 5) is 22.7. The van der Waals surface area contributed by atoms with Crippen LogP contribution in [0.2, 0.25) is 0 Å². The van der Waals surface area contributed by atoms with Crippen LogP contribution in [0.3, 0.4) is 0 Å². The van der Waals surface area contributed by atoms with E-state index in [0.717, 1.165) is 17.7 Å². The zero-order valence-electron chi connectivity index (χ0n) is 12.1. The summed E-state index contributed by atoms with van der Waals surface area (Å²) in [6.45, 7) is 3.21. The van der Waals surface area contributed by atoms with Gasteiger partial charge in [0.05, 0.1) is 0 Å². The number of rotatable bonds is 5. The third kappa shape index (κ3) is 4.93. The summed E-state index contributed by atoms with van der Waals surface area (Å²) in [5.41, 5.74) is 0.835. The molecular formula is C18H13FO4. The van der Waals surface area contributed by atoms with Gasteiger partial charge in [0.15, 0.2) is 11.6 Å². The van der Waals surface area contributed by atoms with E-state index in [4.69, 9.17) is 4.74 Å². The first-order valence-corrected chi connectivity index (χ1v) is 6.67. The van der Waals surface area contributed by atoms with Crippen molar-refractivity contribution in [1.29, 1.82) is 0 Å². The maximum absolute atomic E-state index is 13.7. The van der Waals surface area contributed by atoms with Crippen LogP contribution in [0.5, 0.6) is 11.5 Å². The summed E-state index contributed by atoms with van der Waals surface area (Å²) in [5, 5.41) is 0. The SMILES string of the molecule is C=CC(=O)Oc1ccc(OC(=O)C=Cc2ccccc2)cc1F. The maximum Gasteiger partial charge on any atom is 0.336 e. The monoisotopic (exact) mass is 312 g/mol. The molecular weight excluding hydrogens is 299 g/mol. The quantitative estimate of drug-likeness (QED) is 0.481. The second kappa shape index (κ2) is 7.70. The molecule has 2 aromatic carbocycles. The van der Waals surface area contributed by atoms with Crippen LogP contribution < -0.4 is 9.47 Å². The van der Waals surface area contributed by atoms with E-state index in [1.54, 1.807) is 6.08 Å². The highest BCUT2D eigenvalue weighted by atomic mass is 19.1. The van der Waals surface area contributed by atoms with E-state index in [9.17, 15) is 14.0 Å². The Labute approximate surface area is 132 Å². The van der Waals surface area contributed by atoms with Gasteiger partial charge in [-0.25, -0.2) is 14.0 Å². The summed E-state index contributed by atoms with van der Waals surface area (Å²) in [6.07, 6.45) is 3.74. The van der Waals surface area contributed by atoms with Crippen molar-refractivity contribution < 1.29 is 23.5 Å². The largest absolute Gasteiger partial charge is 0.423 e. The van der Waals surface area contributed by atoms with Gasteiger partial charge >= 0.3 is 11.9 Å². The van der Waals surface area contributed by atoms with Gasteiger partial charge in [-0.1, -0.05) is 36.9 Å². The molecule has 5 heteroatoms. The molecule has 0 aliphatic rings. The molecule has 2 aromatic rings. The second-order valence-corrected chi connectivity index (χ2v) is 4.38. The molecule has 2 rings (SSSR count). The van der Waals surface area contributed by atoms with Crippen LogP contribution in [0.1, 0.15) is 5.56 Å². The number of carbonyl (C=O) groups is 2. The molecule has 0 aliphatic heterocycles. The molecule has 0 saturated carbocycles. The van der Waals surface area contributed by atoms with Gasteiger partial charge in [-0.15, -0.1) is 0 Å². The molecule has 4 nitrogen and oxygen atoms in total. The first kappa shape index (κ1) is 16.2. The number of halogens is 1. The number of hydrogen-bond acceptors (Lipinski definition) is 4. The van der Waals surface area contributed by atoms with Gasteiger partial charge in [-0.2, -0.15) is 0 Å². The normalized spacial score (nSPS) is 10.3. The maximum atomic E-state index is 13.7. The predicted octanol–water partition coefficient (Wildman–Crippen LogP) is 3.54. The zero-order valence-corrected chi connectivity index (χ0v) is 12.1. The Kier molecular flexibility index (Phi) is 5.41. The van der Waals surface area contributed by atoms with Crippen molar-refractivity contribution in [3.05, 3.63) is 78.6 Å². The molecule has 0 saturated heterocycles. The number of esters is 2. The Hall–Kier alpha value is -3.21. The molecule has 0 spiro atoms. The zero-order chi connectivity index (χ0) is 16.7. The van der Waals surface area contributed by atoms with Gasteiger partial charge in [0, 0.05) is 18.2 Å². The highest BCUT2D eigenvalue weighted by molar-refractivity contribution is 5.88. The molecule has 23 heavy (non-hydrogen) atoms. The smallest absolute Gasteiger partial charge is 0.336 e. The molecule has 0 aliphatic carbocycles. The van der Waals surface area contributed by atoms with Crippen molar-refractivity contribution in [3.63, 3.8) is 0 Å². The molecule has 0 bridgehead atoms. The molecule has 0 atom stereocenters. The van der Waals surface area contributed by atoms with Crippen LogP contribution in [-0.4, -0.2) is 11.9 Å². The molecule has 0 aromatic heterocycles.